The standard InChI is InChI=1S/C11H20O/c1-3-11(12-2)7-6-9-4-5-10(11)8-9/h9-10H,3-8H2,1-2H3. The molecular formula is C11H20O. The molecule has 0 aliphatic heterocycles. The van der Waals surface area contributed by atoms with Crippen LogP contribution in [0.4, 0.5) is 0 Å². The number of ether oxygens (including phenoxy) is 1. The van der Waals surface area contributed by atoms with Gasteiger partial charge in [0.05, 0.1) is 5.60 Å². The lowest BCUT2D eigenvalue weighted by Crippen LogP contribution is -2.40. The predicted molar refractivity (Wildman–Crippen MR) is 50.1 cm³/mol. The molecule has 0 aromatic heterocycles. The summed E-state index contributed by atoms with van der Waals surface area (Å²) in [5.74, 6) is 1.93. The molecule has 1 nitrogen and oxygen atoms in total. The van der Waals surface area contributed by atoms with E-state index in [1.54, 1.807) is 0 Å². The molecule has 0 aromatic rings. The van der Waals surface area contributed by atoms with Crippen LogP contribution in [0.5, 0.6) is 0 Å². The van der Waals surface area contributed by atoms with Crippen molar-refractivity contribution in [1.82, 2.24) is 0 Å². The average Bonchev–Trinajstić information content (AvgIpc) is 2.52. The Morgan fingerprint density at radius 2 is 2.17 bits per heavy atom. The normalized spacial score (nSPS) is 46.5. The third-order valence-corrected chi connectivity index (χ3v) is 4.27. The molecule has 12 heavy (non-hydrogen) atoms. The molecule has 2 aliphatic rings. The van der Waals surface area contributed by atoms with Crippen LogP contribution in [0.25, 0.3) is 0 Å². The van der Waals surface area contributed by atoms with Crippen LogP contribution in [0.3, 0.4) is 0 Å². The van der Waals surface area contributed by atoms with Gasteiger partial charge in [-0.25, -0.2) is 0 Å². The molecule has 2 fully saturated rings. The van der Waals surface area contributed by atoms with E-state index < -0.39 is 0 Å². The van der Waals surface area contributed by atoms with E-state index in [1.807, 2.05) is 7.11 Å². The van der Waals surface area contributed by atoms with Crippen molar-refractivity contribution in [3.8, 4) is 0 Å². The molecule has 1 heteroatoms. The molecule has 3 atom stereocenters. The third kappa shape index (κ3) is 1.10. The zero-order valence-corrected chi connectivity index (χ0v) is 8.31. The molecular weight excluding hydrogens is 148 g/mol. The van der Waals surface area contributed by atoms with Gasteiger partial charge in [0, 0.05) is 7.11 Å². The van der Waals surface area contributed by atoms with Gasteiger partial charge in [-0.3, -0.25) is 0 Å². The minimum Gasteiger partial charge on any atom is -0.378 e. The summed E-state index contributed by atoms with van der Waals surface area (Å²) in [5.41, 5.74) is 0.271. The highest BCUT2D eigenvalue weighted by atomic mass is 16.5. The Hall–Kier alpha value is -0.0400. The maximum absolute atomic E-state index is 5.76. The minimum absolute atomic E-state index is 0.271. The van der Waals surface area contributed by atoms with Crippen LogP contribution in [0.1, 0.15) is 45.4 Å². The molecule has 0 radical (unpaired) electrons. The summed E-state index contributed by atoms with van der Waals surface area (Å²) in [7, 11) is 1.90. The van der Waals surface area contributed by atoms with Crippen LogP contribution in [-0.4, -0.2) is 12.7 Å². The molecule has 2 saturated carbocycles. The van der Waals surface area contributed by atoms with Gasteiger partial charge in [0.2, 0.25) is 0 Å². The maximum Gasteiger partial charge on any atom is 0.0704 e. The number of methoxy groups -OCH3 is 1. The molecule has 0 N–H and O–H groups in total. The fourth-order valence-electron chi connectivity index (χ4n) is 3.35. The van der Waals surface area contributed by atoms with Crippen molar-refractivity contribution in [2.24, 2.45) is 11.8 Å². The van der Waals surface area contributed by atoms with Crippen LogP contribution < -0.4 is 0 Å². The molecule has 70 valence electrons. The predicted octanol–water partition coefficient (Wildman–Crippen LogP) is 2.99. The first-order valence-corrected chi connectivity index (χ1v) is 5.36. The van der Waals surface area contributed by atoms with Gasteiger partial charge in [-0.1, -0.05) is 13.3 Å². The van der Waals surface area contributed by atoms with Crippen molar-refractivity contribution in [3.63, 3.8) is 0 Å². The van der Waals surface area contributed by atoms with Crippen LogP contribution in [0, 0.1) is 11.8 Å². The Kier molecular flexibility index (Phi) is 2.16. The molecule has 0 aromatic carbocycles. The number of hydrogen-bond donors (Lipinski definition) is 0. The van der Waals surface area contributed by atoms with Gasteiger partial charge >= 0.3 is 0 Å². The van der Waals surface area contributed by atoms with Crippen LogP contribution in [-0.2, 0) is 4.74 Å². The number of fused-ring (bicyclic) bond motifs is 2. The average molecular weight is 168 g/mol. The second-order valence-corrected chi connectivity index (χ2v) is 4.54. The van der Waals surface area contributed by atoms with Gasteiger partial charge in [0.15, 0.2) is 0 Å². The van der Waals surface area contributed by atoms with Crippen molar-refractivity contribution in [2.45, 2.75) is 51.0 Å². The second-order valence-electron chi connectivity index (χ2n) is 4.54. The number of rotatable bonds is 2. The summed E-state index contributed by atoms with van der Waals surface area (Å²) in [6.07, 6.45) is 8.28. The lowest BCUT2D eigenvalue weighted by Gasteiger charge is -2.40. The molecule has 0 saturated heterocycles. The Labute approximate surface area is 75.5 Å². The van der Waals surface area contributed by atoms with Gasteiger partial charge < -0.3 is 4.74 Å². The quantitative estimate of drug-likeness (QED) is 0.616. The van der Waals surface area contributed by atoms with Gasteiger partial charge in [-0.15, -0.1) is 0 Å². The highest BCUT2D eigenvalue weighted by Crippen LogP contribution is 2.50. The summed E-state index contributed by atoms with van der Waals surface area (Å²) in [6.45, 7) is 2.28. The summed E-state index contributed by atoms with van der Waals surface area (Å²) >= 11 is 0. The zero-order valence-electron chi connectivity index (χ0n) is 8.31. The molecule has 0 spiro atoms. The van der Waals surface area contributed by atoms with Gasteiger partial charge in [-0.2, -0.15) is 0 Å². The lowest BCUT2D eigenvalue weighted by atomic mass is 9.74. The van der Waals surface area contributed by atoms with Crippen molar-refractivity contribution in [1.29, 1.82) is 0 Å². The SMILES string of the molecule is CCC1(OC)CCC2CCC1C2. The van der Waals surface area contributed by atoms with Crippen molar-refractivity contribution < 1.29 is 4.74 Å². The fraction of sp³-hybridized carbons (Fsp3) is 1.00. The first-order chi connectivity index (χ1) is 5.80. The highest BCUT2D eigenvalue weighted by Gasteiger charge is 2.45. The lowest BCUT2D eigenvalue weighted by molar-refractivity contribution is -0.0806. The summed E-state index contributed by atoms with van der Waals surface area (Å²) < 4.78 is 5.76. The minimum atomic E-state index is 0.271. The zero-order chi connectivity index (χ0) is 8.60. The largest absolute Gasteiger partial charge is 0.378 e. The van der Waals surface area contributed by atoms with Crippen molar-refractivity contribution >= 4 is 0 Å². The molecule has 3 unspecified atom stereocenters. The van der Waals surface area contributed by atoms with E-state index in [-0.39, 0.29) is 5.60 Å². The second kappa shape index (κ2) is 3.02. The fourth-order valence-corrected chi connectivity index (χ4v) is 3.35. The summed E-state index contributed by atoms with van der Waals surface area (Å²) in [4.78, 5) is 0. The van der Waals surface area contributed by atoms with E-state index in [0.29, 0.717) is 0 Å². The third-order valence-electron chi connectivity index (χ3n) is 4.27. The van der Waals surface area contributed by atoms with Crippen LogP contribution in [0.15, 0.2) is 0 Å². The maximum atomic E-state index is 5.76. The Morgan fingerprint density at radius 3 is 2.83 bits per heavy atom. The smallest absolute Gasteiger partial charge is 0.0704 e. The summed E-state index contributed by atoms with van der Waals surface area (Å²) in [5, 5.41) is 0. The van der Waals surface area contributed by atoms with E-state index in [1.165, 1.54) is 38.5 Å². The Balaban J connectivity index is 2.13. The first-order valence-electron chi connectivity index (χ1n) is 5.36. The highest BCUT2D eigenvalue weighted by molar-refractivity contribution is 4.97. The Morgan fingerprint density at radius 1 is 1.33 bits per heavy atom. The number of hydrogen-bond acceptors (Lipinski definition) is 1. The van der Waals surface area contributed by atoms with E-state index in [9.17, 15) is 0 Å². The molecule has 2 aliphatic carbocycles. The van der Waals surface area contributed by atoms with E-state index in [2.05, 4.69) is 6.92 Å². The van der Waals surface area contributed by atoms with Crippen molar-refractivity contribution in [2.75, 3.05) is 7.11 Å². The van der Waals surface area contributed by atoms with Crippen LogP contribution >= 0.6 is 0 Å². The topological polar surface area (TPSA) is 9.23 Å². The van der Waals surface area contributed by atoms with Gasteiger partial charge in [0.25, 0.3) is 0 Å². The Bertz CT molecular complexity index is 160. The first kappa shape index (κ1) is 8.55. The molecule has 2 bridgehead atoms. The van der Waals surface area contributed by atoms with E-state index in [0.717, 1.165) is 11.8 Å². The van der Waals surface area contributed by atoms with E-state index in [4.69, 9.17) is 4.74 Å². The monoisotopic (exact) mass is 168 g/mol. The van der Waals surface area contributed by atoms with E-state index >= 15 is 0 Å². The molecule has 2 rings (SSSR count). The van der Waals surface area contributed by atoms with Crippen LogP contribution in [0.2, 0.25) is 0 Å². The van der Waals surface area contributed by atoms with Gasteiger partial charge in [0.1, 0.15) is 0 Å². The molecule has 0 heterocycles. The van der Waals surface area contributed by atoms with Crippen molar-refractivity contribution in [3.05, 3.63) is 0 Å². The van der Waals surface area contributed by atoms with Gasteiger partial charge in [-0.05, 0) is 43.9 Å². The molecule has 0 amide bonds. The summed E-state index contributed by atoms with van der Waals surface area (Å²) in [6, 6.07) is 0.